The number of hydrogen-bond donors (Lipinski definition) is 2. The van der Waals surface area contributed by atoms with Crippen molar-refractivity contribution in [3.63, 3.8) is 0 Å². The number of hydrogen-bond acceptors (Lipinski definition) is 4. The van der Waals surface area contributed by atoms with Crippen LogP contribution in [-0.4, -0.2) is 44.3 Å². The standard InChI is InChI=1S/C29H38FN3O4S/c1-3-32-38(36,37)27-16-11-24(12-17-27)13-18-28(34)33(21-25-9-14-26(30)15-10-25)22(2)29(35)31-20-19-23-7-5-4-6-8-23/h7,9-12,14-17,22,32H,3-6,8,13,18-21H2,1-2H3,(H,31,35)/t22-/m0/s1. The summed E-state index contributed by atoms with van der Waals surface area (Å²) in [6.45, 7) is 4.42. The van der Waals surface area contributed by atoms with E-state index < -0.39 is 16.1 Å². The lowest BCUT2D eigenvalue weighted by Crippen LogP contribution is -2.47. The van der Waals surface area contributed by atoms with E-state index in [9.17, 15) is 22.4 Å². The molecular formula is C29H38FN3O4S. The summed E-state index contributed by atoms with van der Waals surface area (Å²) in [6, 6.07) is 11.6. The van der Waals surface area contributed by atoms with Crippen molar-refractivity contribution in [2.24, 2.45) is 0 Å². The number of nitrogens with zero attached hydrogens (tertiary/aromatic N) is 1. The Hall–Kier alpha value is -3.04. The third-order valence-electron chi connectivity index (χ3n) is 6.76. The topological polar surface area (TPSA) is 95.6 Å². The molecule has 206 valence electrons. The van der Waals surface area contributed by atoms with Crippen molar-refractivity contribution in [1.82, 2.24) is 14.9 Å². The molecule has 0 aliphatic heterocycles. The molecule has 1 atom stereocenters. The Morgan fingerprint density at radius 1 is 1.00 bits per heavy atom. The molecule has 1 aliphatic carbocycles. The number of carbonyl (C=O) groups excluding carboxylic acids is 2. The van der Waals surface area contributed by atoms with Gasteiger partial charge in [-0.25, -0.2) is 17.5 Å². The number of benzene rings is 2. The average Bonchev–Trinajstić information content (AvgIpc) is 2.91. The highest BCUT2D eigenvalue weighted by Crippen LogP contribution is 2.20. The lowest BCUT2D eigenvalue weighted by molar-refractivity contribution is -0.140. The maximum atomic E-state index is 13.4. The van der Waals surface area contributed by atoms with Gasteiger partial charge >= 0.3 is 0 Å². The number of sulfonamides is 1. The molecular weight excluding hydrogens is 505 g/mol. The lowest BCUT2D eigenvalue weighted by atomic mass is 9.97. The van der Waals surface area contributed by atoms with E-state index in [2.05, 4.69) is 16.1 Å². The largest absolute Gasteiger partial charge is 0.354 e. The molecule has 0 radical (unpaired) electrons. The molecule has 2 N–H and O–H groups in total. The molecule has 0 bridgehead atoms. The van der Waals surface area contributed by atoms with Crippen LogP contribution in [0.1, 0.15) is 63.5 Å². The van der Waals surface area contributed by atoms with Crippen molar-refractivity contribution in [2.75, 3.05) is 13.1 Å². The van der Waals surface area contributed by atoms with Gasteiger partial charge in [-0.2, -0.15) is 0 Å². The van der Waals surface area contributed by atoms with E-state index in [-0.39, 0.29) is 35.5 Å². The zero-order valence-corrected chi connectivity index (χ0v) is 23.0. The van der Waals surface area contributed by atoms with Crippen LogP contribution in [0.4, 0.5) is 4.39 Å². The number of amides is 2. The van der Waals surface area contributed by atoms with E-state index in [1.165, 1.54) is 47.6 Å². The van der Waals surface area contributed by atoms with Crippen molar-refractivity contribution in [1.29, 1.82) is 0 Å². The molecule has 2 aromatic carbocycles. The van der Waals surface area contributed by atoms with E-state index in [4.69, 9.17) is 0 Å². The smallest absolute Gasteiger partial charge is 0.242 e. The minimum Gasteiger partial charge on any atom is -0.354 e. The van der Waals surface area contributed by atoms with Gasteiger partial charge < -0.3 is 10.2 Å². The van der Waals surface area contributed by atoms with Gasteiger partial charge in [0.2, 0.25) is 21.8 Å². The Balaban J connectivity index is 1.64. The fraction of sp³-hybridized carbons (Fsp3) is 0.448. The molecule has 2 aromatic rings. The quantitative estimate of drug-likeness (QED) is 0.364. The van der Waals surface area contributed by atoms with Gasteiger partial charge in [0.25, 0.3) is 0 Å². The van der Waals surface area contributed by atoms with Crippen LogP contribution in [0.15, 0.2) is 65.1 Å². The molecule has 7 nitrogen and oxygen atoms in total. The molecule has 0 unspecified atom stereocenters. The van der Waals surface area contributed by atoms with Gasteiger partial charge in [0.05, 0.1) is 4.90 Å². The predicted octanol–water partition coefficient (Wildman–Crippen LogP) is 4.48. The SMILES string of the molecule is CCNS(=O)(=O)c1ccc(CCC(=O)N(Cc2ccc(F)cc2)[C@@H](C)C(=O)NCCC2=CCCCC2)cc1. The van der Waals surface area contributed by atoms with Crippen molar-refractivity contribution in [3.05, 3.63) is 77.1 Å². The maximum absolute atomic E-state index is 13.4. The Kier molecular flexibility index (Phi) is 11.0. The fourth-order valence-corrected chi connectivity index (χ4v) is 5.54. The van der Waals surface area contributed by atoms with Crippen LogP contribution < -0.4 is 10.0 Å². The van der Waals surface area contributed by atoms with Crippen molar-refractivity contribution < 1.29 is 22.4 Å². The molecule has 38 heavy (non-hydrogen) atoms. The summed E-state index contributed by atoms with van der Waals surface area (Å²) in [4.78, 5) is 28.0. The molecule has 0 heterocycles. The van der Waals surface area contributed by atoms with Crippen molar-refractivity contribution in [3.8, 4) is 0 Å². The molecule has 3 rings (SSSR count). The number of aryl methyl sites for hydroxylation is 1. The Morgan fingerprint density at radius 2 is 1.68 bits per heavy atom. The summed E-state index contributed by atoms with van der Waals surface area (Å²) in [6.07, 6.45) is 8.16. The van der Waals surface area contributed by atoms with Gasteiger partial charge in [0, 0.05) is 26.1 Å². The normalized spacial score (nSPS) is 14.4. The van der Waals surface area contributed by atoms with Crippen LogP contribution in [0.3, 0.4) is 0 Å². The van der Waals surface area contributed by atoms with Crippen LogP contribution >= 0.6 is 0 Å². The van der Waals surface area contributed by atoms with Crippen LogP contribution in [0.5, 0.6) is 0 Å². The highest BCUT2D eigenvalue weighted by Gasteiger charge is 2.26. The molecule has 2 amide bonds. The highest BCUT2D eigenvalue weighted by atomic mass is 32.2. The second-order valence-corrected chi connectivity index (χ2v) is 11.4. The fourth-order valence-electron chi connectivity index (χ4n) is 4.50. The molecule has 0 saturated carbocycles. The van der Waals surface area contributed by atoms with Gasteiger partial charge in [-0.1, -0.05) is 42.8 Å². The van der Waals surface area contributed by atoms with Crippen LogP contribution in [0, 0.1) is 5.82 Å². The van der Waals surface area contributed by atoms with Crippen LogP contribution in [-0.2, 0) is 32.6 Å². The summed E-state index contributed by atoms with van der Waals surface area (Å²) < 4.78 is 40.2. The van der Waals surface area contributed by atoms with E-state index in [0.717, 1.165) is 30.4 Å². The molecule has 9 heteroatoms. The summed E-state index contributed by atoms with van der Waals surface area (Å²) in [5, 5.41) is 2.97. The zero-order valence-electron chi connectivity index (χ0n) is 22.2. The zero-order chi connectivity index (χ0) is 27.5. The molecule has 0 fully saturated rings. The number of carbonyl (C=O) groups is 2. The van der Waals surface area contributed by atoms with Crippen LogP contribution in [0.25, 0.3) is 0 Å². The first-order valence-electron chi connectivity index (χ1n) is 13.3. The lowest BCUT2D eigenvalue weighted by Gasteiger charge is -2.29. The predicted molar refractivity (Wildman–Crippen MR) is 146 cm³/mol. The number of nitrogens with one attached hydrogen (secondary N) is 2. The number of halogens is 1. The van der Waals surface area contributed by atoms with E-state index in [1.54, 1.807) is 38.1 Å². The second kappa shape index (κ2) is 14.2. The van der Waals surface area contributed by atoms with E-state index in [1.807, 2.05) is 0 Å². The third kappa shape index (κ3) is 8.77. The first-order chi connectivity index (χ1) is 18.2. The molecule has 0 aromatic heterocycles. The van der Waals surface area contributed by atoms with Gasteiger partial charge in [0.15, 0.2) is 0 Å². The Morgan fingerprint density at radius 3 is 2.32 bits per heavy atom. The van der Waals surface area contributed by atoms with Crippen LogP contribution in [0.2, 0.25) is 0 Å². The molecule has 1 aliphatic rings. The minimum atomic E-state index is -3.55. The number of rotatable bonds is 13. The summed E-state index contributed by atoms with van der Waals surface area (Å²) in [7, 11) is -3.55. The minimum absolute atomic E-state index is 0.144. The first-order valence-corrected chi connectivity index (χ1v) is 14.8. The Bertz CT molecular complexity index is 1210. The van der Waals surface area contributed by atoms with Gasteiger partial charge in [-0.15, -0.1) is 0 Å². The summed E-state index contributed by atoms with van der Waals surface area (Å²) >= 11 is 0. The third-order valence-corrected chi connectivity index (χ3v) is 8.32. The summed E-state index contributed by atoms with van der Waals surface area (Å²) in [5.74, 6) is -0.805. The Labute approximate surface area is 225 Å². The number of allylic oxidation sites excluding steroid dienone is 1. The van der Waals surface area contributed by atoms with Crippen molar-refractivity contribution in [2.45, 2.75) is 76.3 Å². The first kappa shape index (κ1) is 29.5. The van der Waals surface area contributed by atoms with Gasteiger partial charge in [0.1, 0.15) is 11.9 Å². The molecule has 0 saturated heterocycles. The van der Waals surface area contributed by atoms with E-state index >= 15 is 0 Å². The highest BCUT2D eigenvalue weighted by molar-refractivity contribution is 7.89. The summed E-state index contributed by atoms with van der Waals surface area (Å²) in [5.41, 5.74) is 2.91. The molecule has 0 spiro atoms. The van der Waals surface area contributed by atoms with E-state index in [0.29, 0.717) is 19.5 Å². The van der Waals surface area contributed by atoms with Crippen molar-refractivity contribution >= 4 is 21.8 Å². The van der Waals surface area contributed by atoms with Gasteiger partial charge in [-0.3, -0.25) is 9.59 Å². The average molecular weight is 544 g/mol. The van der Waals surface area contributed by atoms with Gasteiger partial charge in [-0.05, 0) is 80.8 Å². The monoisotopic (exact) mass is 543 g/mol. The second-order valence-electron chi connectivity index (χ2n) is 9.62. The maximum Gasteiger partial charge on any atom is 0.242 e.